The summed E-state index contributed by atoms with van der Waals surface area (Å²) in [6.45, 7) is 1.51. The van der Waals surface area contributed by atoms with Crippen LogP contribution in [-0.4, -0.2) is 16.6 Å². The number of carbonyl (C=O) groups is 2. The van der Waals surface area contributed by atoms with Gasteiger partial charge in [-0.25, -0.2) is 0 Å². The molecule has 7 heteroatoms. The predicted octanol–water partition coefficient (Wildman–Crippen LogP) is 5.52. The molecule has 1 aliphatic heterocycles. The maximum atomic E-state index is 13.7. The summed E-state index contributed by atoms with van der Waals surface area (Å²) in [6.07, 6.45) is 0.721. The highest BCUT2D eigenvalue weighted by molar-refractivity contribution is 6.06. The fraction of sp³-hybridized carbons (Fsp3) is 0.185. The van der Waals surface area contributed by atoms with Gasteiger partial charge in [0.1, 0.15) is 0 Å². The molecule has 170 valence electrons. The van der Waals surface area contributed by atoms with Gasteiger partial charge in [0.15, 0.2) is 5.78 Å². The van der Waals surface area contributed by atoms with Crippen LogP contribution in [0.4, 0.5) is 17.1 Å². The zero-order valence-electron chi connectivity index (χ0n) is 18.6. The van der Waals surface area contributed by atoms with Crippen LogP contribution >= 0.6 is 0 Å². The maximum absolute atomic E-state index is 13.7. The van der Waals surface area contributed by atoms with Crippen molar-refractivity contribution in [2.45, 2.75) is 31.7 Å². The van der Waals surface area contributed by atoms with E-state index in [9.17, 15) is 19.7 Å². The molecule has 0 saturated heterocycles. The Hall–Kier alpha value is -4.26. The van der Waals surface area contributed by atoms with Gasteiger partial charge < -0.3 is 5.32 Å². The number of nitrogens with one attached hydrogen (secondary N) is 1. The first-order valence-corrected chi connectivity index (χ1v) is 11.2. The fourth-order valence-electron chi connectivity index (χ4n) is 5.02. The second-order valence-electron chi connectivity index (χ2n) is 8.62. The van der Waals surface area contributed by atoms with Gasteiger partial charge in [-0.15, -0.1) is 0 Å². The minimum atomic E-state index is -0.566. The Labute approximate surface area is 196 Å². The first-order valence-electron chi connectivity index (χ1n) is 11.2. The second kappa shape index (κ2) is 8.59. The van der Waals surface area contributed by atoms with Gasteiger partial charge in [-0.3, -0.25) is 24.6 Å². The Kier molecular flexibility index (Phi) is 5.45. The third kappa shape index (κ3) is 3.75. The first kappa shape index (κ1) is 21.6. The quantitative estimate of drug-likeness (QED) is 0.417. The molecule has 34 heavy (non-hydrogen) atoms. The number of hydrogen-bond donors (Lipinski definition) is 1. The van der Waals surface area contributed by atoms with Crippen molar-refractivity contribution in [2.75, 3.05) is 10.2 Å². The van der Waals surface area contributed by atoms with Crippen molar-refractivity contribution >= 4 is 28.8 Å². The molecular weight excluding hydrogens is 430 g/mol. The average molecular weight is 453 g/mol. The standard InChI is InChI=1S/C27H23N3O4/c1-17(31)29-24-13-6-5-12-22(24)28-23-15-20(19-10-7-11-21(14-19)30(33)34)16-25(32)26(23)27(29)18-8-3-2-4-9-18/h2-14,20,27-28H,15-16H2,1H3/t20-,27-/m0/s1. The summed E-state index contributed by atoms with van der Waals surface area (Å²) in [5.41, 5.74) is 4.39. The van der Waals surface area contributed by atoms with Crippen LogP contribution in [0.1, 0.15) is 42.9 Å². The second-order valence-corrected chi connectivity index (χ2v) is 8.62. The van der Waals surface area contributed by atoms with Gasteiger partial charge in [0.2, 0.25) is 5.91 Å². The van der Waals surface area contributed by atoms with E-state index in [4.69, 9.17) is 0 Å². The number of nitrogens with zero attached hydrogens (tertiary/aromatic N) is 2. The van der Waals surface area contributed by atoms with Crippen molar-refractivity contribution in [3.05, 3.63) is 111 Å². The van der Waals surface area contributed by atoms with E-state index in [1.807, 2.05) is 60.7 Å². The molecule has 0 aromatic heterocycles. The van der Waals surface area contributed by atoms with E-state index in [2.05, 4.69) is 5.32 Å². The number of para-hydroxylation sites is 2. The van der Waals surface area contributed by atoms with Gasteiger partial charge >= 0.3 is 0 Å². The highest BCUT2D eigenvalue weighted by Crippen LogP contribution is 2.47. The molecule has 2 atom stereocenters. The summed E-state index contributed by atoms with van der Waals surface area (Å²) in [7, 11) is 0. The van der Waals surface area contributed by atoms with Crippen molar-refractivity contribution in [2.24, 2.45) is 0 Å². The summed E-state index contributed by atoms with van der Waals surface area (Å²) in [5, 5.41) is 14.7. The third-order valence-corrected chi connectivity index (χ3v) is 6.50. The largest absolute Gasteiger partial charge is 0.357 e. The summed E-state index contributed by atoms with van der Waals surface area (Å²) < 4.78 is 0. The highest BCUT2D eigenvalue weighted by atomic mass is 16.6. The van der Waals surface area contributed by atoms with Crippen LogP contribution in [0, 0.1) is 10.1 Å². The van der Waals surface area contributed by atoms with Gasteiger partial charge in [0, 0.05) is 36.7 Å². The van der Waals surface area contributed by atoms with E-state index < -0.39 is 11.0 Å². The molecule has 5 rings (SSSR count). The minimum Gasteiger partial charge on any atom is -0.357 e. The van der Waals surface area contributed by atoms with E-state index in [0.29, 0.717) is 17.7 Å². The molecule has 0 spiro atoms. The minimum absolute atomic E-state index is 0.00816. The predicted molar refractivity (Wildman–Crippen MR) is 130 cm³/mol. The highest BCUT2D eigenvalue weighted by Gasteiger charge is 2.40. The van der Waals surface area contributed by atoms with Crippen LogP contribution in [0.15, 0.2) is 90.1 Å². The van der Waals surface area contributed by atoms with Gasteiger partial charge in [0.25, 0.3) is 5.69 Å². The number of rotatable bonds is 3. The van der Waals surface area contributed by atoms with Gasteiger partial charge in [-0.05, 0) is 35.6 Å². The number of non-ortho nitro benzene ring substituents is 1. The molecule has 1 aliphatic carbocycles. The number of ketones is 1. The van der Waals surface area contributed by atoms with E-state index in [0.717, 1.165) is 22.5 Å². The van der Waals surface area contributed by atoms with Crippen LogP contribution < -0.4 is 10.2 Å². The molecule has 1 N–H and O–H groups in total. The number of Topliss-reactive ketones (excluding diaryl/α,β-unsaturated/α-hetero) is 1. The SMILES string of the molecule is CC(=O)N1c2ccccc2NC2=C(C(=O)C[C@@H](c3cccc([N+](=O)[O-])c3)C2)[C@@H]1c1ccccc1. The summed E-state index contributed by atoms with van der Waals surface area (Å²) in [4.78, 5) is 39.2. The number of hydrogen-bond acceptors (Lipinski definition) is 5. The maximum Gasteiger partial charge on any atom is 0.269 e. The zero-order chi connectivity index (χ0) is 23.8. The molecule has 0 fully saturated rings. The van der Waals surface area contributed by atoms with E-state index >= 15 is 0 Å². The monoisotopic (exact) mass is 453 g/mol. The summed E-state index contributed by atoms with van der Waals surface area (Å²) in [6, 6.07) is 23.0. The number of allylic oxidation sites excluding steroid dienone is 1. The van der Waals surface area contributed by atoms with Crippen LogP contribution in [0.5, 0.6) is 0 Å². The molecule has 3 aromatic carbocycles. The molecule has 0 bridgehead atoms. The topological polar surface area (TPSA) is 92.6 Å². The van der Waals surface area contributed by atoms with E-state index in [-0.39, 0.29) is 29.7 Å². The lowest BCUT2D eigenvalue weighted by molar-refractivity contribution is -0.384. The molecule has 2 aliphatic rings. The lowest BCUT2D eigenvalue weighted by Crippen LogP contribution is -2.37. The number of fused-ring (bicyclic) bond motifs is 1. The Bertz CT molecular complexity index is 1330. The lowest BCUT2D eigenvalue weighted by Gasteiger charge is -2.34. The Morgan fingerprint density at radius 3 is 2.41 bits per heavy atom. The lowest BCUT2D eigenvalue weighted by atomic mass is 9.78. The van der Waals surface area contributed by atoms with Crippen LogP contribution in [0.3, 0.4) is 0 Å². The normalized spacial score (nSPS) is 19.6. The molecular formula is C27H23N3O4. The van der Waals surface area contributed by atoms with Gasteiger partial charge in [-0.1, -0.05) is 54.6 Å². The molecule has 0 radical (unpaired) electrons. The van der Waals surface area contributed by atoms with Crippen molar-refractivity contribution in [1.82, 2.24) is 0 Å². The smallest absolute Gasteiger partial charge is 0.269 e. The van der Waals surface area contributed by atoms with Crippen molar-refractivity contribution < 1.29 is 14.5 Å². The molecule has 1 heterocycles. The molecule has 1 amide bonds. The zero-order valence-corrected chi connectivity index (χ0v) is 18.6. The van der Waals surface area contributed by atoms with Gasteiger partial charge in [0.05, 0.1) is 22.3 Å². The number of benzene rings is 3. The van der Waals surface area contributed by atoms with E-state index in [1.54, 1.807) is 17.0 Å². The third-order valence-electron chi connectivity index (χ3n) is 6.50. The van der Waals surface area contributed by atoms with Gasteiger partial charge in [-0.2, -0.15) is 0 Å². The molecule has 0 unspecified atom stereocenters. The Morgan fingerprint density at radius 2 is 1.68 bits per heavy atom. The number of carbonyl (C=O) groups excluding carboxylic acids is 2. The first-order chi connectivity index (χ1) is 16.4. The number of nitro groups is 1. The van der Waals surface area contributed by atoms with Crippen LogP contribution in [0.2, 0.25) is 0 Å². The molecule has 3 aromatic rings. The van der Waals surface area contributed by atoms with Crippen molar-refractivity contribution in [1.29, 1.82) is 0 Å². The summed E-state index contributed by atoms with van der Waals surface area (Å²) in [5.74, 6) is -0.435. The van der Waals surface area contributed by atoms with Crippen molar-refractivity contribution in [3.8, 4) is 0 Å². The van der Waals surface area contributed by atoms with E-state index in [1.165, 1.54) is 13.0 Å². The number of amides is 1. The fourth-order valence-corrected chi connectivity index (χ4v) is 5.02. The summed E-state index contributed by atoms with van der Waals surface area (Å²) >= 11 is 0. The molecule has 7 nitrogen and oxygen atoms in total. The number of anilines is 2. The Balaban J connectivity index is 1.67. The average Bonchev–Trinajstić information content (AvgIpc) is 2.99. The van der Waals surface area contributed by atoms with Crippen LogP contribution in [-0.2, 0) is 9.59 Å². The van der Waals surface area contributed by atoms with Crippen LogP contribution in [0.25, 0.3) is 0 Å². The number of nitro benzene ring substituents is 1. The Morgan fingerprint density at radius 1 is 0.971 bits per heavy atom. The van der Waals surface area contributed by atoms with Crippen molar-refractivity contribution in [3.63, 3.8) is 0 Å². The molecule has 0 saturated carbocycles.